The highest BCUT2D eigenvalue weighted by molar-refractivity contribution is 5.88. The van der Waals surface area contributed by atoms with Crippen molar-refractivity contribution in [3.05, 3.63) is 48.2 Å². The number of hydrogen-bond acceptors (Lipinski definition) is 4. The average Bonchev–Trinajstić information content (AvgIpc) is 2.46. The number of carbonyl (C=O) groups is 1. The van der Waals surface area contributed by atoms with Crippen molar-refractivity contribution >= 4 is 11.8 Å². The second-order valence-corrected chi connectivity index (χ2v) is 3.73. The topological polar surface area (TPSA) is 76.1 Å². The maximum atomic E-state index is 11.7. The predicted octanol–water partition coefficient (Wildman–Crippen LogP) is 1.81. The number of ether oxygens (including phenoxy) is 1. The third-order valence-electron chi connectivity index (χ3n) is 2.45. The summed E-state index contributed by atoms with van der Waals surface area (Å²) in [5, 5.41) is 12.7. The van der Waals surface area contributed by atoms with Gasteiger partial charge in [-0.2, -0.15) is 5.10 Å². The van der Waals surface area contributed by atoms with Crippen molar-refractivity contribution in [1.82, 2.24) is 15.5 Å². The van der Waals surface area contributed by atoms with Crippen LogP contribution < -0.4 is 15.4 Å². The Morgan fingerprint density at radius 3 is 2.84 bits per heavy atom. The Bertz CT molecular complexity index is 545. The zero-order valence-corrected chi connectivity index (χ0v) is 10.5. The van der Waals surface area contributed by atoms with E-state index in [0.29, 0.717) is 12.4 Å². The van der Waals surface area contributed by atoms with Crippen molar-refractivity contribution < 1.29 is 9.53 Å². The van der Waals surface area contributed by atoms with Gasteiger partial charge in [0.25, 0.3) is 0 Å². The van der Waals surface area contributed by atoms with Crippen molar-refractivity contribution in [2.24, 2.45) is 0 Å². The number of urea groups is 1. The molecule has 0 saturated heterocycles. The molecule has 1 heterocycles. The average molecular weight is 258 g/mol. The molecule has 0 aliphatic heterocycles. The van der Waals surface area contributed by atoms with Crippen LogP contribution in [0.3, 0.4) is 0 Å². The summed E-state index contributed by atoms with van der Waals surface area (Å²) in [7, 11) is 1.60. The van der Waals surface area contributed by atoms with Gasteiger partial charge in [-0.25, -0.2) is 4.79 Å². The minimum Gasteiger partial charge on any atom is -0.496 e. The molecule has 0 aliphatic rings. The summed E-state index contributed by atoms with van der Waals surface area (Å²) in [5.41, 5.74) is 0.902. The summed E-state index contributed by atoms with van der Waals surface area (Å²) in [6.45, 7) is 0.371. The molecule has 0 unspecified atom stereocenters. The Labute approximate surface area is 110 Å². The number of amides is 2. The summed E-state index contributed by atoms with van der Waals surface area (Å²) in [5.74, 6) is 1.14. The molecule has 1 aromatic heterocycles. The van der Waals surface area contributed by atoms with Gasteiger partial charge in [-0.05, 0) is 18.2 Å². The van der Waals surface area contributed by atoms with Crippen LogP contribution in [0.4, 0.5) is 10.6 Å². The van der Waals surface area contributed by atoms with Gasteiger partial charge in [0.15, 0.2) is 5.82 Å². The quantitative estimate of drug-likeness (QED) is 0.876. The normalized spacial score (nSPS) is 9.74. The molecule has 0 radical (unpaired) electrons. The van der Waals surface area contributed by atoms with Crippen LogP contribution in [0, 0.1) is 0 Å². The van der Waals surface area contributed by atoms with Gasteiger partial charge < -0.3 is 10.1 Å². The monoisotopic (exact) mass is 258 g/mol. The Morgan fingerprint density at radius 2 is 2.11 bits per heavy atom. The lowest BCUT2D eigenvalue weighted by Crippen LogP contribution is -2.28. The minimum absolute atomic E-state index is 0.341. The van der Waals surface area contributed by atoms with E-state index in [-0.39, 0.29) is 6.03 Å². The lowest BCUT2D eigenvalue weighted by atomic mass is 10.2. The molecule has 0 bridgehead atoms. The van der Waals surface area contributed by atoms with E-state index < -0.39 is 0 Å². The van der Waals surface area contributed by atoms with E-state index in [2.05, 4.69) is 20.8 Å². The molecule has 6 nitrogen and oxygen atoms in total. The number of anilines is 1. The van der Waals surface area contributed by atoms with Crippen LogP contribution in [0.15, 0.2) is 42.6 Å². The van der Waals surface area contributed by atoms with Crippen LogP contribution in [0.1, 0.15) is 5.56 Å². The molecule has 6 heteroatoms. The van der Waals surface area contributed by atoms with Crippen LogP contribution in [0.5, 0.6) is 5.75 Å². The molecular weight excluding hydrogens is 244 g/mol. The number of hydrogen-bond donors (Lipinski definition) is 2. The molecule has 2 N–H and O–H groups in total. The molecule has 0 aliphatic carbocycles. The number of aromatic nitrogens is 2. The lowest BCUT2D eigenvalue weighted by molar-refractivity contribution is 0.251. The maximum absolute atomic E-state index is 11.7. The first kappa shape index (κ1) is 12.8. The Kier molecular flexibility index (Phi) is 4.28. The summed E-state index contributed by atoms with van der Waals surface area (Å²) >= 11 is 0. The van der Waals surface area contributed by atoms with Crippen LogP contribution in [0.25, 0.3) is 0 Å². The van der Waals surface area contributed by atoms with E-state index in [0.717, 1.165) is 11.3 Å². The number of carbonyl (C=O) groups excluding carboxylic acids is 1. The van der Waals surface area contributed by atoms with Gasteiger partial charge >= 0.3 is 6.03 Å². The molecule has 0 atom stereocenters. The Morgan fingerprint density at radius 1 is 1.26 bits per heavy atom. The van der Waals surface area contributed by atoms with E-state index in [1.54, 1.807) is 19.2 Å². The van der Waals surface area contributed by atoms with Crippen molar-refractivity contribution in [1.29, 1.82) is 0 Å². The highest BCUT2D eigenvalue weighted by atomic mass is 16.5. The fraction of sp³-hybridized carbons (Fsp3) is 0.154. The van der Waals surface area contributed by atoms with Gasteiger partial charge in [-0.3, -0.25) is 5.32 Å². The van der Waals surface area contributed by atoms with E-state index in [1.807, 2.05) is 24.3 Å². The number of rotatable bonds is 4. The molecule has 2 amide bonds. The zero-order chi connectivity index (χ0) is 13.5. The Hall–Kier alpha value is -2.63. The van der Waals surface area contributed by atoms with Crippen LogP contribution in [0.2, 0.25) is 0 Å². The molecule has 19 heavy (non-hydrogen) atoms. The fourth-order valence-electron chi connectivity index (χ4n) is 1.55. The van der Waals surface area contributed by atoms with Crippen LogP contribution in [-0.4, -0.2) is 23.3 Å². The molecule has 98 valence electrons. The van der Waals surface area contributed by atoms with Crippen LogP contribution >= 0.6 is 0 Å². The molecule has 1 aromatic carbocycles. The van der Waals surface area contributed by atoms with Gasteiger partial charge in [-0.15, -0.1) is 5.10 Å². The summed E-state index contributed by atoms with van der Waals surface area (Å²) in [6.07, 6.45) is 1.54. The number of para-hydroxylation sites is 1. The SMILES string of the molecule is COc1ccccc1CNC(=O)Nc1cccnn1. The summed E-state index contributed by atoms with van der Waals surface area (Å²) < 4.78 is 5.20. The number of nitrogens with one attached hydrogen (secondary N) is 2. The maximum Gasteiger partial charge on any atom is 0.320 e. The smallest absolute Gasteiger partial charge is 0.320 e. The van der Waals surface area contributed by atoms with Crippen molar-refractivity contribution in [2.75, 3.05) is 12.4 Å². The molecular formula is C13H14N4O2. The number of nitrogens with zero attached hydrogens (tertiary/aromatic N) is 2. The first-order valence-corrected chi connectivity index (χ1v) is 5.74. The molecule has 0 saturated carbocycles. The molecule has 2 rings (SSSR count). The minimum atomic E-state index is -0.341. The van der Waals surface area contributed by atoms with Gasteiger partial charge in [0.2, 0.25) is 0 Å². The first-order chi connectivity index (χ1) is 9.29. The first-order valence-electron chi connectivity index (χ1n) is 5.74. The van der Waals surface area contributed by atoms with Gasteiger partial charge in [0, 0.05) is 18.3 Å². The largest absolute Gasteiger partial charge is 0.496 e. The number of methoxy groups -OCH3 is 1. The summed E-state index contributed by atoms with van der Waals surface area (Å²) in [6, 6.07) is 10.5. The molecule has 0 fully saturated rings. The third-order valence-corrected chi connectivity index (χ3v) is 2.45. The second kappa shape index (κ2) is 6.34. The summed E-state index contributed by atoms with van der Waals surface area (Å²) in [4.78, 5) is 11.7. The molecule has 2 aromatic rings. The highest BCUT2D eigenvalue weighted by Crippen LogP contribution is 2.16. The predicted molar refractivity (Wildman–Crippen MR) is 70.9 cm³/mol. The number of benzene rings is 1. The second-order valence-electron chi connectivity index (χ2n) is 3.73. The fourth-order valence-corrected chi connectivity index (χ4v) is 1.55. The van der Waals surface area contributed by atoms with E-state index in [1.165, 1.54) is 6.20 Å². The lowest BCUT2D eigenvalue weighted by Gasteiger charge is -2.09. The standard InChI is InChI=1S/C13H14N4O2/c1-19-11-6-3-2-5-10(11)9-14-13(18)16-12-7-4-8-15-17-12/h2-8H,9H2,1H3,(H2,14,16,17,18). The van der Waals surface area contributed by atoms with Gasteiger partial charge in [0.05, 0.1) is 7.11 Å². The third kappa shape index (κ3) is 3.67. The van der Waals surface area contributed by atoms with E-state index in [9.17, 15) is 4.79 Å². The molecule has 0 spiro atoms. The van der Waals surface area contributed by atoms with Gasteiger partial charge in [0.1, 0.15) is 5.75 Å². The van der Waals surface area contributed by atoms with Crippen molar-refractivity contribution in [3.8, 4) is 5.75 Å². The zero-order valence-electron chi connectivity index (χ0n) is 10.5. The van der Waals surface area contributed by atoms with Gasteiger partial charge in [-0.1, -0.05) is 18.2 Å². The highest BCUT2D eigenvalue weighted by Gasteiger charge is 2.05. The Balaban J connectivity index is 1.90. The van der Waals surface area contributed by atoms with E-state index in [4.69, 9.17) is 4.74 Å². The van der Waals surface area contributed by atoms with E-state index >= 15 is 0 Å². The van der Waals surface area contributed by atoms with Crippen molar-refractivity contribution in [3.63, 3.8) is 0 Å². The van der Waals surface area contributed by atoms with Crippen molar-refractivity contribution in [2.45, 2.75) is 6.54 Å². The van der Waals surface area contributed by atoms with Crippen LogP contribution in [-0.2, 0) is 6.54 Å².